The molecule has 6 nitrogen and oxygen atoms in total. The van der Waals surface area contributed by atoms with Gasteiger partial charge in [-0.3, -0.25) is 13.4 Å². The highest BCUT2D eigenvalue weighted by Crippen LogP contribution is 2.47. The Morgan fingerprint density at radius 3 is 1.94 bits per heavy atom. The zero-order valence-electron chi connectivity index (χ0n) is 38.8. The van der Waals surface area contributed by atoms with E-state index >= 15 is 0 Å². The summed E-state index contributed by atoms with van der Waals surface area (Å²) in [6.45, 7) is 24.5. The van der Waals surface area contributed by atoms with Crippen molar-refractivity contribution < 1.29 is 5.11 Å². The average molecular weight is 838 g/mol. The molecule has 318 valence electrons. The van der Waals surface area contributed by atoms with E-state index < -0.39 is 0 Å². The van der Waals surface area contributed by atoms with Gasteiger partial charge in [-0.05, 0) is 112 Å². The number of hydrogen-bond donors (Lipinski definition) is 1. The van der Waals surface area contributed by atoms with Crippen molar-refractivity contribution in [2.75, 3.05) is 0 Å². The van der Waals surface area contributed by atoms with E-state index in [9.17, 15) is 5.11 Å². The molecule has 1 N–H and O–H groups in total. The molecule has 0 fully saturated rings. The number of aromatic hydroxyl groups is 1. The predicted octanol–water partition coefficient (Wildman–Crippen LogP) is 15.0. The van der Waals surface area contributed by atoms with E-state index in [-0.39, 0.29) is 22.0 Å². The summed E-state index contributed by atoms with van der Waals surface area (Å²) in [5.74, 6) is 0.961. The largest absolute Gasteiger partial charge is 0.507 e. The zero-order valence-corrected chi connectivity index (χ0v) is 38.8. The lowest BCUT2D eigenvalue weighted by atomic mass is 9.79. The Morgan fingerprint density at radius 1 is 0.516 bits per heavy atom. The van der Waals surface area contributed by atoms with Gasteiger partial charge < -0.3 is 5.11 Å². The van der Waals surface area contributed by atoms with Crippen LogP contribution in [0.1, 0.15) is 90.1 Å². The molecule has 0 aliphatic rings. The molecule has 6 heteroatoms. The third-order valence-corrected chi connectivity index (χ3v) is 13.8. The Morgan fingerprint density at radius 2 is 1.20 bits per heavy atom. The van der Waals surface area contributed by atoms with Crippen molar-refractivity contribution in [2.24, 2.45) is 0 Å². The summed E-state index contributed by atoms with van der Waals surface area (Å²) in [6, 6.07) is 44.0. The van der Waals surface area contributed by atoms with E-state index in [2.05, 4.69) is 211 Å². The Bertz CT molecular complexity index is 3690. The highest BCUT2D eigenvalue weighted by Gasteiger charge is 2.30. The van der Waals surface area contributed by atoms with Gasteiger partial charge in [0.25, 0.3) is 0 Å². The molecule has 6 aromatic carbocycles. The van der Waals surface area contributed by atoms with Gasteiger partial charge >= 0.3 is 0 Å². The van der Waals surface area contributed by atoms with Crippen molar-refractivity contribution in [1.29, 1.82) is 0 Å². The number of rotatable bonds is 4. The van der Waals surface area contributed by atoms with Crippen LogP contribution >= 0.6 is 0 Å². The van der Waals surface area contributed by atoms with Gasteiger partial charge in [0.1, 0.15) is 22.9 Å². The summed E-state index contributed by atoms with van der Waals surface area (Å²) < 4.78 is 7.10. The minimum Gasteiger partial charge on any atom is -0.507 e. The van der Waals surface area contributed by atoms with Gasteiger partial charge in [-0.1, -0.05) is 135 Å². The quantitative estimate of drug-likeness (QED) is 0.180. The Hall–Kier alpha value is -6.92. The molecule has 11 aromatic rings. The van der Waals surface area contributed by atoms with Crippen molar-refractivity contribution >= 4 is 55.0 Å². The standard InChI is InChI=1S/C58H55N5O/c1-33-34(2)55-62-47-22-16-15-20-40(47)42-28-36(29-43(51(42)62)53-59-27-26-46(33)63(53)55)39-21-17-23-49-50(39)60-54(44-31-38(57(6,7)8)32-45(52(44)64)58(9,10)11)61(49)48-25-24-37(56(3,4)5)30-41(48)35-18-13-12-14-19-35/h12-32,64H,1-11H3. The van der Waals surface area contributed by atoms with Crippen molar-refractivity contribution in [1.82, 2.24) is 23.3 Å². The molecule has 0 unspecified atom stereocenters. The summed E-state index contributed by atoms with van der Waals surface area (Å²) in [5, 5.41) is 16.1. The molecule has 64 heavy (non-hydrogen) atoms. The number of phenols is 1. The number of benzene rings is 6. The van der Waals surface area contributed by atoms with Crippen LogP contribution in [0.4, 0.5) is 0 Å². The molecule has 0 atom stereocenters. The number of para-hydroxylation sites is 2. The molecular formula is C58H55N5O. The number of hydrogen-bond acceptors (Lipinski definition) is 3. The van der Waals surface area contributed by atoms with E-state index in [1.54, 1.807) is 0 Å². The number of nitrogens with zero attached hydrogens (tertiary/aromatic N) is 5. The van der Waals surface area contributed by atoms with Gasteiger partial charge in [0.15, 0.2) is 0 Å². The lowest BCUT2D eigenvalue weighted by molar-refractivity contribution is 0.446. The molecule has 0 saturated carbocycles. The van der Waals surface area contributed by atoms with Crippen LogP contribution in [0.2, 0.25) is 0 Å². The second-order valence-electron chi connectivity index (χ2n) is 21.0. The van der Waals surface area contributed by atoms with Crippen LogP contribution < -0.4 is 0 Å². The first-order valence-electron chi connectivity index (χ1n) is 22.6. The van der Waals surface area contributed by atoms with Crippen LogP contribution in [0.3, 0.4) is 0 Å². The lowest BCUT2D eigenvalue weighted by Crippen LogP contribution is -2.17. The molecule has 0 spiro atoms. The van der Waals surface area contributed by atoms with Crippen molar-refractivity contribution in [3.05, 3.63) is 155 Å². The number of aryl methyl sites for hydroxylation is 2. The van der Waals surface area contributed by atoms with E-state index in [4.69, 9.17) is 9.97 Å². The van der Waals surface area contributed by atoms with Crippen molar-refractivity contribution in [2.45, 2.75) is 92.4 Å². The molecule has 0 aliphatic carbocycles. The first kappa shape index (κ1) is 39.9. The first-order valence-corrected chi connectivity index (χ1v) is 22.6. The van der Waals surface area contributed by atoms with Gasteiger partial charge in [0.05, 0.1) is 38.8 Å². The number of aromatic nitrogens is 5. The third-order valence-electron chi connectivity index (χ3n) is 13.8. The molecule has 0 saturated heterocycles. The van der Waals surface area contributed by atoms with Gasteiger partial charge in [-0.25, -0.2) is 9.97 Å². The topological polar surface area (TPSA) is 59.8 Å². The average Bonchev–Trinajstić information content (AvgIpc) is 3.89. The molecule has 5 heterocycles. The summed E-state index contributed by atoms with van der Waals surface area (Å²) in [5.41, 5.74) is 18.7. The Kier molecular flexibility index (Phi) is 8.44. The minimum absolute atomic E-state index is 0.0734. The fourth-order valence-electron chi connectivity index (χ4n) is 10.2. The van der Waals surface area contributed by atoms with Crippen LogP contribution in [0.5, 0.6) is 5.75 Å². The molecule has 0 radical (unpaired) electrons. The zero-order chi connectivity index (χ0) is 44.8. The van der Waals surface area contributed by atoms with Crippen LogP contribution in [-0.2, 0) is 16.2 Å². The normalized spacial score (nSPS) is 13.0. The summed E-state index contributed by atoms with van der Waals surface area (Å²) >= 11 is 0. The van der Waals surface area contributed by atoms with E-state index in [0.717, 1.165) is 66.8 Å². The van der Waals surface area contributed by atoms with E-state index in [0.29, 0.717) is 11.4 Å². The molecule has 0 amide bonds. The number of imidazole rings is 1. The van der Waals surface area contributed by atoms with Crippen LogP contribution in [0.25, 0.3) is 94.4 Å². The second-order valence-corrected chi connectivity index (χ2v) is 21.0. The monoisotopic (exact) mass is 837 g/mol. The summed E-state index contributed by atoms with van der Waals surface area (Å²) in [7, 11) is 0. The van der Waals surface area contributed by atoms with Crippen LogP contribution in [-0.4, -0.2) is 28.4 Å². The smallest absolute Gasteiger partial charge is 0.149 e. The molecule has 11 rings (SSSR count). The molecule has 5 aromatic heterocycles. The maximum atomic E-state index is 12.6. The van der Waals surface area contributed by atoms with Gasteiger partial charge in [-0.2, -0.15) is 0 Å². The van der Waals surface area contributed by atoms with Crippen molar-refractivity contribution in [3.63, 3.8) is 0 Å². The van der Waals surface area contributed by atoms with Crippen molar-refractivity contribution in [3.8, 4) is 45.1 Å². The maximum absolute atomic E-state index is 12.6. The summed E-state index contributed by atoms with van der Waals surface area (Å²) in [4.78, 5) is 10.8. The third kappa shape index (κ3) is 5.77. The first-order chi connectivity index (χ1) is 30.4. The number of fused-ring (bicyclic) bond motifs is 6. The van der Waals surface area contributed by atoms with Gasteiger partial charge in [-0.15, -0.1) is 0 Å². The molecule has 0 aliphatic heterocycles. The fourth-order valence-corrected chi connectivity index (χ4v) is 10.2. The highest BCUT2D eigenvalue weighted by atomic mass is 16.3. The van der Waals surface area contributed by atoms with E-state index in [1.807, 2.05) is 6.20 Å². The highest BCUT2D eigenvalue weighted by molar-refractivity contribution is 6.20. The SMILES string of the molecule is Cc1c(C)c2n3c1ccnc3c1cc(-c3cccc4c3nc(-c3cc(C(C)(C)C)cc(C(C)(C)C)c3O)n4-c3ccc(C(C)(C)C)cc3-c3ccccc3)cc3c4ccccc4n2c31. The minimum atomic E-state index is -0.324. The fraction of sp³-hybridized carbons (Fsp3) is 0.241. The second kappa shape index (κ2) is 13.5. The lowest BCUT2D eigenvalue weighted by Gasteiger charge is -2.28. The van der Waals surface area contributed by atoms with E-state index in [1.165, 1.54) is 44.0 Å². The van der Waals surface area contributed by atoms with Gasteiger partial charge in [0, 0.05) is 39.0 Å². The summed E-state index contributed by atoms with van der Waals surface area (Å²) in [6.07, 6.45) is 1.95. The Balaban J connectivity index is 1.29. The van der Waals surface area contributed by atoms with Crippen LogP contribution in [0.15, 0.2) is 128 Å². The maximum Gasteiger partial charge on any atom is 0.149 e. The Labute approximate surface area is 374 Å². The van der Waals surface area contributed by atoms with Crippen LogP contribution in [0, 0.1) is 13.8 Å². The number of phenolic OH excluding ortho intramolecular Hbond substituents is 1. The molecular weight excluding hydrogens is 783 g/mol. The molecule has 0 bridgehead atoms. The predicted molar refractivity (Wildman–Crippen MR) is 268 cm³/mol. The van der Waals surface area contributed by atoms with Gasteiger partial charge in [0.2, 0.25) is 0 Å².